The first-order valence-electron chi connectivity index (χ1n) is 9.02. The van der Waals surface area contributed by atoms with Crippen molar-refractivity contribution in [2.75, 3.05) is 4.90 Å². The highest BCUT2D eigenvalue weighted by Crippen LogP contribution is 2.33. The molecule has 0 aliphatic carbocycles. The first-order valence-corrected chi connectivity index (χ1v) is 9.40. The Morgan fingerprint density at radius 3 is 2.31 bits per heavy atom. The Balaban J connectivity index is 1.58. The third kappa shape index (κ3) is 2.83. The molecule has 29 heavy (non-hydrogen) atoms. The normalized spacial score (nSPS) is 13.6. The fraction of sp³-hybridized carbons (Fsp3) is 0. The monoisotopic (exact) mass is 399 g/mol. The predicted molar refractivity (Wildman–Crippen MR) is 114 cm³/mol. The number of amides is 2. The lowest BCUT2D eigenvalue weighted by molar-refractivity contribution is 0.0926. The second kappa shape index (κ2) is 6.72. The van der Waals surface area contributed by atoms with Crippen molar-refractivity contribution in [2.45, 2.75) is 0 Å². The van der Waals surface area contributed by atoms with Gasteiger partial charge in [-0.05, 0) is 42.0 Å². The smallest absolute Gasteiger partial charge is 0.266 e. The van der Waals surface area contributed by atoms with Crippen molar-refractivity contribution < 1.29 is 9.59 Å². The van der Waals surface area contributed by atoms with Crippen molar-refractivity contribution in [3.63, 3.8) is 0 Å². The zero-order valence-electron chi connectivity index (χ0n) is 15.1. The van der Waals surface area contributed by atoms with E-state index in [1.807, 2.05) is 36.4 Å². The highest BCUT2D eigenvalue weighted by Gasteiger charge is 2.37. The summed E-state index contributed by atoms with van der Waals surface area (Å²) >= 11 is 6.19. The van der Waals surface area contributed by atoms with Gasteiger partial charge in [0.05, 0.1) is 28.0 Å². The van der Waals surface area contributed by atoms with E-state index in [4.69, 9.17) is 11.6 Å². The van der Waals surface area contributed by atoms with Crippen molar-refractivity contribution >= 4 is 52.2 Å². The summed E-state index contributed by atoms with van der Waals surface area (Å²) in [5, 5.41) is 8.75. The molecule has 5 rings (SSSR count). The molecule has 3 aromatic carbocycles. The summed E-state index contributed by atoms with van der Waals surface area (Å²) in [5.74, 6) is -0.708. The number of aromatic nitrogens is 2. The molecule has 1 aliphatic rings. The second-order valence-corrected chi connectivity index (χ2v) is 7.12. The average Bonchev–Trinajstić information content (AvgIpc) is 3.26. The van der Waals surface area contributed by atoms with Gasteiger partial charge in [-0.2, -0.15) is 5.10 Å². The van der Waals surface area contributed by atoms with Crippen LogP contribution in [0.25, 0.3) is 23.1 Å². The molecule has 4 aromatic rings. The third-order valence-corrected chi connectivity index (χ3v) is 5.18. The summed E-state index contributed by atoms with van der Waals surface area (Å²) in [7, 11) is 0. The van der Waals surface area contributed by atoms with Gasteiger partial charge in [-0.1, -0.05) is 54.1 Å². The van der Waals surface area contributed by atoms with Gasteiger partial charge in [-0.3, -0.25) is 14.7 Å². The summed E-state index contributed by atoms with van der Waals surface area (Å²) in [6.45, 7) is 0. The zero-order valence-corrected chi connectivity index (χ0v) is 15.9. The molecule has 0 atom stereocenters. The highest BCUT2D eigenvalue weighted by atomic mass is 35.5. The van der Waals surface area contributed by atoms with Crippen LogP contribution in [0.15, 0.2) is 66.7 Å². The predicted octanol–water partition coefficient (Wildman–Crippen LogP) is 5.19. The van der Waals surface area contributed by atoms with E-state index in [1.165, 1.54) is 4.90 Å². The van der Waals surface area contributed by atoms with E-state index in [2.05, 4.69) is 10.2 Å². The fourth-order valence-corrected chi connectivity index (χ4v) is 3.71. The van der Waals surface area contributed by atoms with Crippen molar-refractivity contribution in [1.82, 2.24) is 10.2 Å². The molecule has 0 radical (unpaired) electrons. The maximum Gasteiger partial charge on any atom is 0.266 e. The van der Waals surface area contributed by atoms with Gasteiger partial charge in [0.15, 0.2) is 0 Å². The minimum Gasteiger partial charge on any atom is -0.277 e. The molecule has 0 fully saturated rings. The van der Waals surface area contributed by atoms with Crippen LogP contribution < -0.4 is 4.90 Å². The zero-order chi connectivity index (χ0) is 20.0. The van der Waals surface area contributed by atoms with Gasteiger partial charge < -0.3 is 0 Å². The third-order valence-electron chi connectivity index (χ3n) is 4.95. The Morgan fingerprint density at radius 2 is 1.55 bits per heavy atom. The number of hydrogen-bond donors (Lipinski definition) is 1. The fourth-order valence-electron chi connectivity index (χ4n) is 3.54. The van der Waals surface area contributed by atoms with Crippen LogP contribution in [-0.4, -0.2) is 22.0 Å². The van der Waals surface area contributed by atoms with Gasteiger partial charge in [0.25, 0.3) is 11.8 Å². The number of imide groups is 1. The van der Waals surface area contributed by atoms with Crippen molar-refractivity contribution in [2.24, 2.45) is 0 Å². The van der Waals surface area contributed by atoms with Gasteiger partial charge in [0, 0.05) is 10.4 Å². The molecule has 0 saturated carbocycles. The van der Waals surface area contributed by atoms with E-state index in [0.717, 1.165) is 16.6 Å². The second-order valence-electron chi connectivity index (χ2n) is 6.68. The number of aromatic amines is 1. The Morgan fingerprint density at radius 1 is 0.862 bits per heavy atom. The maximum absolute atomic E-state index is 12.9. The van der Waals surface area contributed by atoms with Crippen LogP contribution in [0.2, 0.25) is 5.02 Å². The highest BCUT2D eigenvalue weighted by molar-refractivity contribution is 6.36. The van der Waals surface area contributed by atoms with Crippen LogP contribution >= 0.6 is 11.6 Å². The SMILES string of the molecule is O=C1c2ccccc2C(=O)N1c1cc(Cl)ccc1C=Cc1n[nH]c2ccccc12. The Labute approximate surface area is 171 Å². The summed E-state index contributed by atoms with van der Waals surface area (Å²) in [5.41, 5.74) is 3.62. The Kier molecular flexibility index (Phi) is 4.03. The van der Waals surface area contributed by atoms with Crippen LogP contribution in [-0.2, 0) is 0 Å². The molecule has 0 saturated heterocycles. The van der Waals surface area contributed by atoms with Crippen LogP contribution in [0.4, 0.5) is 5.69 Å². The first kappa shape index (κ1) is 17.4. The molecule has 0 spiro atoms. The summed E-state index contributed by atoms with van der Waals surface area (Å²) in [4.78, 5) is 27.0. The number of benzene rings is 3. The average molecular weight is 400 g/mol. The molecular formula is C23H14ClN3O2. The van der Waals surface area contributed by atoms with E-state index in [0.29, 0.717) is 27.4 Å². The topological polar surface area (TPSA) is 66.1 Å². The molecule has 0 bridgehead atoms. The molecule has 2 amide bonds. The van der Waals surface area contributed by atoms with Gasteiger partial charge in [-0.15, -0.1) is 0 Å². The van der Waals surface area contributed by atoms with Crippen molar-refractivity contribution in [1.29, 1.82) is 0 Å². The number of carbonyl (C=O) groups is 2. The number of rotatable bonds is 3. The van der Waals surface area contributed by atoms with Crippen LogP contribution in [0.3, 0.4) is 0 Å². The lowest BCUT2D eigenvalue weighted by Crippen LogP contribution is -2.30. The largest absolute Gasteiger partial charge is 0.277 e. The molecule has 5 nitrogen and oxygen atoms in total. The summed E-state index contributed by atoms with van der Waals surface area (Å²) < 4.78 is 0. The van der Waals surface area contributed by atoms with Gasteiger partial charge in [-0.25, -0.2) is 4.90 Å². The van der Waals surface area contributed by atoms with E-state index >= 15 is 0 Å². The first-order chi connectivity index (χ1) is 14.1. The number of anilines is 1. The van der Waals surface area contributed by atoms with Gasteiger partial charge in [0.2, 0.25) is 0 Å². The molecular weight excluding hydrogens is 386 g/mol. The number of carbonyl (C=O) groups excluding carboxylic acids is 2. The van der Waals surface area contributed by atoms with E-state index < -0.39 is 0 Å². The molecule has 6 heteroatoms. The van der Waals surface area contributed by atoms with E-state index in [9.17, 15) is 9.59 Å². The standard InChI is InChI=1S/C23H14ClN3O2/c24-15-11-9-14(10-12-20-18-7-3-4-8-19(18)25-26-20)21(13-15)27-22(28)16-5-1-2-6-17(16)23(27)29/h1-13H,(H,25,26). The molecule has 1 N–H and O–H groups in total. The van der Waals surface area contributed by atoms with Crippen LogP contribution in [0, 0.1) is 0 Å². The van der Waals surface area contributed by atoms with Gasteiger partial charge in [0.1, 0.15) is 0 Å². The molecule has 2 heterocycles. The summed E-state index contributed by atoms with van der Waals surface area (Å²) in [6, 6.07) is 19.8. The lowest BCUT2D eigenvalue weighted by Gasteiger charge is -2.17. The summed E-state index contributed by atoms with van der Waals surface area (Å²) in [6.07, 6.45) is 3.68. The molecule has 0 unspecified atom stereocenters. The number of nitrogens with zero attached hydrogens (tertiary/aromatic N) is 2. The van der Waals surface area contributed by atoms with E-state index in [1.54, 1.807) is 42.5 Å². The van der Waals surface area contributed by atoms with Crippen LogP contribution in [0.1, 0.15) is 32.0 Å². The van der Waals surface area contributed by atoms with Crippen molar-refractivity contribution in [3.8, 4) is 0 Å². The number of halogens is 1. The molecule has 1 aromatic heterocycles. The quantitative estimate of drug-likeness (QED) is 0.482. The molecule has 140 valence electrons. The number of hydrogen-bond acceptors (Lipinski definition) is 3. The Hall–Kier alpha value is -3.70. The molecule has 1 aliphatic heterocycles. The number of para-hydroxylation sites is 1. The minimum atomic E-state index is -0.354. The van der Waals surface area contributed by atoms with Crippen LogP contribution in [0.5, 0.6) is 0 Å². The van der Waals surface area contributed by atoms with Crippen molar-refractivity contribution in [3.05, 3.63) is 94.1 Å². The van der Waals surface area contributed by atoms with E-state index in [-0.39, 0.29) is 11.8 Å². The minimum absolute atomic E-state index is 0.354. The lowest BCUT2D eigenvalue weighted by atomic mass is 10.1. The number of nitrogens with one attached hydrogen (secondary N) is 1. The maximum atomic E-state index is 12.9. The number of H-pyrrole nitrogens is 1. The Bertz CT molecular complexity index is 1290. The number of fused-ring (bicyclic) bond motifs is 2. The van der Waals surface area contributed by atoms with Gasteiger partial charge >= 0.3 is 0 Å².